The number of nitrogens with one attached hydrogen (secondary N) is 1. The van der Waals surface area contributed by atoms with Crippen molar-refractivity contribution in [2.24, 2.45) is 11.8 Å². The lowest BCUT2D eigenvalue weighted by molar-refractivity contribution is 0.368. The number of benzene rings is 1. The van der Waals surface area contributed by atoms with Crippen LogP contribution < -0.4 is 10.1 Å². The van der Waals surface area contributed by atoms with Crippen LogP contribution in [0.3, 0.4) is 0 Å². The monoisotopic (exact) mass is 289 g/mol. The van der Waals surface area contributed by atoms with Gasteiger partial charge in [0.25, 0.3) is 0 Å². The lowest BCUT2D eigenvalue weighted by atomic mass is 9.83. The first-order valence-electron chi connectivity index (χ1n) is 8.47. The number of ether oxygens (including phenoxy) is 1. The number of hydrogen-bond acceptors (Lipinski definition) is 2. The van der Waals surface area contributed by atoms with Crippen LogP contribution in [0.15, 0.2) is 18.2 Å². The van der Waals surface area contributed by atoms with E-state index in [0.29, 0.717) is 11.8 Å². The Hall–Kier alpha value is -1.02. The largest absolute Gasteiger partial charge is 0.496 e. The molecule has 0 aliphatic heterocycles. The molecule has 2 rings (SSSR count). The van der Waals surface area contributed by atoms with Gasteiger partial charge in [-0.15, -0.1) is 0 Å². The van der Waals surface area contributed by atoms with Gasteiger partial charge in [0, 0.05) is 12.5 Å². The van der Waals surface area contributed by atoms with Crippen molar-refractivity contribution in [2.75, 3.05) is 20.2 Å². The predicted molar refractivity (Wildman–Crippen MR) is 90.1 cm³/mol. The average molecular weight is 289 g/mol. The van der Waals surface area contributed by atoms with Crippen molar-refractivity contribution in [2.45, 2.75) is 52.4 Å². The fourth-order valence-corrected chi connectivity index (χ4v) is 3.56. The van der Waals surface area contributed by atoms with Crippen LogP contribution in [0.1, 0.15) is 56.6 Å². The number of methoxy groups -OCH3 is 1. The van der Waals surface area contributed by atoms with Crippen molar-refractivity contribution < 1.29 is 4.74 Å². The molecule has 2 nitrogen and oxygen atoms in total. The fourth-order valence-electron chi connectivity index (χ4n) is 3.56. The van der Waals surface area contributed by atoms with E-state index in [0.717, 1.165) is 24.8 Å². The zero-order valence-electron chi connectivity index (χ0n) is 14.1. The Morgan fingerprint density at radius 1 is 1.19 bits per heavy atom. The average Bonchev–Trinajstić information content (AvgIpc) is 2.97. The molecule has 21 heavy (non-hydrogen) atoms. The van der Waals surface area contributed by atoms with E-state index >= 15 is 0 Å². The van der Waals surface area contributed by atoms with Gasteiger partial charge in [-0.25, -0.2) is 0 Å². The second kappa shape index (κ2) is 7.84. The molecule has 1 aromatic carbocycles. The van der Waals surface area contributed by atoms with E-state index in [4.69, 9.17) is 4.74 Å². The lowest BCUT2D eigenvalue weighted by Crippen LogP contribution is -2.29. The van der Waals surface area contributed by atoms with Gasteiger partial charge >= 0.3 is 0 Å². The van der Waals surface area contributed by atoms with Gasteiger partial charge in [-0.2, -0.15) is 0 Å². The summed E-state index contributed by atoms with van der Waals surface area (Å²) in [5.41, 5.74) is 2.73. The van der Waals surface area contributed by atoms with Crippen LogP contribution in [0.4, 0.5) is 0 Å². The van der Waals surface area contributed by atoms with Gasteiger partial charge in [0.2, 0.25) is 0 Å². The molecule has 2 heteroatoms. The minimum absolute atomic E-state index is 0.584. The third-order valence-corrected chi connectivity index (χ3v) is 4.67. The Balaban J connectivity index is 2.19. The van der Waals surface area contributed by atoms with E-state index in [2.05, 4.69) is 44.3 Å². The Bertz CT molecular complexity index is 435. The molecule has 1 aromatic rings. The van der Waals surface area contributed by atoms with Crippen LogP contribution in [-0.2, 0) is 0 Å². The molecule has 0 aromatic heterocycles. The molecule has 1 aliphatic rings. The molecule has 1 atom stereocenters. The van der Waals surface area contributed by atoms with Gasteiger partial charge in [-0.1, -0.05) is 44.4 Å². The molecule has 1 N–H and O–H groups in total. The predicted octanol–water partition coefficient (Wildman–Crippen LogP) is 4.52. The third kappa shape index (κ3) is 4.47. The highest BCUT2D eigenvalue weighted by Gasteiger charge is 2.28. The van der Waals surface area contributed by atoms with E-state index in [1.165, 1.54) is 36.8 Å². The summed E-state index contributed by atoms with van der Waals surface area (Å²) in [7, 11) is 1.79. The first-order valence-corrected chi connectivity index (χ1v) is 8.47. The number of hydrogen-bond donors (Lipinski definition) is 1. The first kappa shape index (κ1) is 16.4. The molecule has 1 saturated carbocycles. The SMILES string of the molecule is COc1ccc(C)cc1C(CNCC(C)C)C1CCCC1. The maximum absolute atomic E-state index is 5.64. The molecule has 1 aliphatic carbocycles. The topological polar surface area (TPSA) is 21.3 Å². The van der Waals surface area contributed by atoms with Crippen LogP contribution in [-0.4, -0.2) is 20.2 Å². The van der Waals surface area contributed by atoms with E-state index < -0.39 is 0 Å². The number of rotatable bonds is 7. The van der Waals surface area contributed by atoms with Gasteiger partial charge in [-0.05, 0) is 49.8 Å². The van der Waals surface area contributed by atoms with Crippen molar-refractivity contribution >= 4 is 0 Å². The van der Waals surface area contributed by atoms with Crippen LogP contribution in [0, 0.1) is 18.8 Å². The Labute approximate surface area is 130 Å². The van der Waals surface area contributed by atoms with Crippen LogP contribution in [0.2, 0.25) is 0 Å². The summed E-state index contributed by atoms with van der Waals surface area (Å²) >= 11 is 0. The van der Waals surface area contributed by atoms with Crippen molar-refractivity contribution in [3.63, 3.8) is 0 Å². The molecule has 0 spiro atoms. The maximum Gasteiger partial charge on any atom is 0.122 e. The summed E-state index contributed by atoms with van der Waals surface area (Å²) in [5.74, 6) is 3.15. The summed E-state index contributed by atoms with van der Waals surface area (Å²) in [6.45, 7) is 8.88. The molecule has 1 unspecified atom stereocenters. The van der Waals surface area contributed by atoms with Gasteiger partial charge in [-0.3, -0.25) is 0 Å². The standard InChI is InChI=1S/C19H31NO/c1-14(2)12-20-13-18(16-7-5-6-8-16)17-11-15(3)9-10-19(17)21-4/h9-11,14,16,18,20H,5-8,12-13H2,1-4H3. The maximum atomic E-state index is 5.64. The summed E-state index contributed by atoms with van der Waals surface area (Å²) in [6, 6.07) is 6.61. The first-order chi connectivity index (χ1) is 10.1. The highest BCUT2D eigenvalue weighted by molar-refractivity contribution is 5.40. The molecule has 0 saturated heterocycles. The van der Waals surface area contributed by atoms with E-state index in [9.17, 15) is 0 Å². The highest BCUT2D eigenvalue weighted by atomic mass is 16.5. The molecule has 1 fully saturated rings. The van der Waals surface area contributed by atoms with E-state index in [1.54, 1.807) is 7.11 Å². The molecular formula is C19H31NO. The lowest BCUT2D eigenvalue weighted by Gasteiger charge is -2.27. The molecule has 0 radical (unpaired) electrons. The quantitative estimate of drug-likeness (QED) is 0.796. The third-order valence-electron chi connectivity index (χ3n) is 4.67. The summed E-state index contributed by atoms with van der Waals surface area (Å²) in [5, 5.41) is 3.68. The van der Waals surface area contributed by atoms with Crippen LogP contribution >= 0.6 is 0 Å². The van der Waals surface area contributed by atoms with Gasteiger partial charge in [0.1, 0.15) is 5.75 Å². The van der Waals surface area contributed by atoms with E-state index in [-0.39, 0.29) is 0 Å². The van der Waals surface area contributed by atoms with Crippen molar-refractivity contribution in [3.8, 4) is 5.75 Å². The minimum Gasteiger partial charge on any atom is -0.496 e. The molecule has 0 amide bonds. The highest BCUT2D eigenvalue weighted by Crippen LogP contribution is 2.40. The second-order valence-electron chi connectivity index (χ2n) is 6.95. The minimum atomic E-state index is 0.584. The van der Waals surface area contributed by atoms with Crippen molar-refractivity contribution in [3.05, 3.63) is 29.3 Å². The number of aryl methyl sites for hydroxylation is 1. The second-order valence-corrected chi connectivity index (χ2v) is 6.95. The van der Waals surface area contributed by atoms with Gasteiger partial charge < -0.3 is 10.1 Å². The van der Waals surface area contributed by atoms with E-state index in [1.807, 2.05) is 0 Å². The molecule has 118 valence electrons. The smallest absolute Gasteiger partial charge is 0.122 e. The van der Waals surface area contributed by atoms with Gasteiger partial charge in [0.15, 0.2) is 0 Å². The zero-order valence-corrected chi connectivity index (χ0v) is 14.1. The molecular weight excluding hydrogens is 258 g/mol. The molecule has 0 bridgehead atoms. The normalized spacial score (nSPS) is 17.4. The van der Waals surface area contributed by atoms with Gasteiger partial charge in [0.05, 0.1) is 7.11 Å². The Morgan fingerprint density at radius 2 is 1.90 bits per heavy atom. The Morgan fingerprint density at radius 3 is 2.52 bits per heavy atom. The Kier molecular flexibility index (Phi) is 6.10. The zero-order chi connectivity index (χ0) is 15.2. The summed E-state index contributed by atoms with van der Waals surface area (Å²) in [6.07, 6.45) is 5.51. The van der Waals surface area contributed by atoms with Crippen molar-refractivity contribution in [1.29, 1.82) is 0 Å². The van der Waals surface area contributed by atoms with Crippen molar-refractivity contribution in [1.82, 2.24) is 5.32 Å². The summed E-state index contributed by atoms with van der Waals surface area (Å²) < 4.78 is 5.64. The summed E-state index contributed by atoms with van der Waals surface area (Å²) in [4.78, 5) is 0. The van der Waals surface area contributed by atoms with Crippen LogP contribution in [0.5, 0.6) is 5.75 Å². The fraction of sp³-hybridized carbons (Fsp3) is 0.684. The molecule has 0 heterocycles. The van der Waals surface area contributed by atoms with Crippen LogP contribution in [0.25, 0.3) is 0 Å².